The summed E-state index contributed by atoms with van der Waals surface area (Å²) in [7, 11) is 0. The molecule has 1 nitrogen and oxygen atoms in total. The van der Waals surface area contributed by atoms with Crippen LogP contribution in [0.25, 0.3) is 0 Å². The van der Waals surface area contributed by atoms with Gasteiger partial charge in [-0.05, 0) is 24.6 Å². The summed E-state index contributed by atoms with van der Waals surface area (Å²) in [6.07, 6.45) is 0. The molecule has 2 aromatic carbocycles. The van der Waals surface area contributed by atoms with Crippen molar-refractivity contribution in [2.24, 2.45) is 0 Å². The summed E-state index contributed by atoms with van der Waals surface area (Å²) in [5, 5.41) is 3.40. The monoisotopic (exact) mass is 210 g/mol. The Labute approximate surface area is 97.1 Å². The van der Waals surface area contributed by atoms with Crippen molar-refractivity contribution in [1.29, 1.82) is 0 Å². The van der Waals surface area contributed by atoms with Crippen molar-refractivity contribution >= 4 is 0 Å². The van der Waals surface area contributed by atoms with Gasteiger partial charge in [-0.3, -0.25) is 0 Å². The third-order valence-electron chi connectivity index (χ3n) is 2.61. The first-order chi connectivity index (χ1) is 7.92. The molecule has 16 heavy (non-hydrogen) atoms. The third-order valence-corrected chi connectivity index (χ3v) is 2.61. The molecule has 0 unspecified atom stereocenters. The Bertz CT molecular complexity index is 368. The molecule has 81 valence electrons. The summed E-state index contributed by atoms with van der Waals surface area (Å²) in [4.78, 5) is 0. The largest absolute Gasteiger partial charge is 0.306 e. The van der Waals surface area contributed by atoms with Crippen LogP contribution in [0.5, 0.6) is 0 Å². The summed E-state index contributed by atoms with van der Waals surface area (Å²) in [6.45, 7) is 4.58. The van der Waals surface area contributed by atoms with Crippen LogP contribution < -0.4 is 5.32 Å². The van der Waals surface area contributed by atoms with Gasteiger partial charge in [0.1, 0.15) is 0 Å². The van der Waals surface area contributed by atoms with E-state index in [4.69, 9.17) is 0 Å². The predicted molar refractivity (Wildman–Crippen MR) is 68.1 cm³/mol. The number of hydrogen-bond acceptors (Lipinski definition) is 1. The van der Waals surface area contributed by atoms with E-state index < -0.39 is 0 Å². The lowest BCUT2D eigenvalue weighted by Crippen LogP contribution is -2.21. The number of nitrogens with one attached hydrogen (secondary N) is 1. The normalized spacial score (nSPS) is 10.6. The first-order valence-corrected chi connectivity index (χ1v) is 5.54. The zero-order chi connectivity index (χ0) is 11.2. The van der Waals surface area contributed by atoms with E-state index in [0.29, 0.717) is 6.54 Å². The molecule has 0 aliphatic rings. The molecule has 0 amide bonds. The minimum absolute atomic E-state index is 0.236. The maximum absolute atomic E-state index is 3.87. The van der Waals surface area contributed by atoms with Gasteiger partial charge in [-0.2, -0.15) is 0 Å². The zero-order valence-electron chi connectivity index (χ0n) is 9.27. The summed E-state index contributed by atoms with van der Waals surface area (Å²) >= 11 is 0. The molecule has 1 N–H and O–H groups in total. The zero-order valence-corrected chi connectivity index (χ0v) is 9.27. The first-order valence-electron chi connectivity index (χ1n) is 5.54. The van der Waals surface area contributed by atoms with E-state index in [0.717, 1.165) is 0 Å². The van der Waals surface area contributed by atoms with Crippen molar-refractivity contribution in [1.82, 2.24) is 5.32 Å². The molecule has 2 rings (SSSR count). The van der Waals surface area contributed by atoms with Gasteiger partial charge < -0.3 is 5.32 Å². The lowest BCUT2D eigenvalue weighted by Gasteiger charge is -2.18. The van der Waals surface area contributed by atoms with Crippen LogP contribution in [0.1, 0.15) is 17.2 Å². The van der Waals surface area contributed by atoms with Crippen molar-refractivity contribution in [3.63, 3.8) is 0 Å². The number of benzene rings is 2. The van der Waals surface area contributed by atoms with Crippen molar-refractivity contribution in [2.45, 2.75) is 6.04 Å². The van der Waals surface area contributed by atoms with E-state index in [-0.39, 0.29) is 6.04 Å². The van der Waals surface area contributed by atoms with E-state index >= 15 is 0 Å². The second kappa shape index (κ2) is 5.47. The van der Waals surface area contributed by atoms with Crippen molar-refractivity contribution in [3.8, 4) is 0 Å². The molecule has 0 bridgehead atoms. The standard InChI is InChI=1S/C15H16N/c1-2-16-15(13-9-5-3-6-10-13)14-11-7-4-8-12-14/h3-12,15-16H,1-2H2. The van der Waals surface area contributed by atoms with Crippen molar-refractivity contribution in [3.05, 3.63) is 78.7 Å². The van der Waals surface area contributed by atoms with Crippen LogP contribution in [0, 0.1) is 6.92 Å². The smallest absolute Gasteiger partial charge is 0.0576 e. The van der Waals surface area contributed by atoms with Gasteiger partial charge >= 0.3 is 0 Å². The Kier molecular flexibility index (Phi) is 3.73. The van der Waals surface area contributed by atoms with Gasteiger partial charge in [-0.1, -0.05) is 60.7 Å². The minimum Gasteiger partial charge on any atom is -0.306 e. The van der Waals surface area contributed by atoms with Gasteiger partial charge in [-0.15, -0.1) is 0 Å². The molecule has 0 saturated carbocycles. The maximum Gasteiger partial charge on any atom is 0.0576 e. The van der Waals surface area contributed by atoms with Crippen LogP contribution in [-0.2, 0) is 0 Å². The molecule has 0 heterocycles. The Morgan fingerprint density at radius 2 is 1.25 bits per heavy atom. The Balaban J connectivity index is 2.31. The molecule has 0 aromatic heterocycles. The highest BCUT2D eigenvalue weighted by atomic mass is 14.9. The van der Waals surface area contributed by atoms with E-state index in [9.17, 15) is 0 Å². The van der Waals surface area contributed by atoms with E-state index in [1.54, 1.807) is 0 Å². The fourth-order valence-electron chi connectivity index (χ4n) is 1.86. The van der Waals surface area contributed by atoms with Crippen LogP contribution in [0.2, 0.25) is 0 Å². The average molecular weight is 210 g/mol. The predicted octanol–water partition coefficient (Wildman–Crippen LogP) is 3.20. The van der Waals surface area contributed by atoms with E-state index in [1.165, 1.54) is 11.1 Å². The molecule has 0 aliphatic heterocycles. The van der Waals surface area contributed by atoms with Gasteiger partial charge in [0.2, 0.25) is 0 Å². The van der Waals surface area contributed by atoms with Crippen LogP contribution in [0.4, 0.5) is 0 Å². The van der Waals surface area contributed by atoms with Crippen LogP contribution >= 0.6 is 0 Å². The highest BCUT2D eigenvalue weighted by Crippen LogP contribution is 2.21. The fraction of sp³-hybridized carbons (Fsp3) is 0.133. The van der Waals surface area contributed by atoms with Gasteiger partial charge in [0.05, 0.1) is 6.04 Å². The summed E-state index contributed by atoms with van der Waals surface area (Å²) in [5.41, 5.74) is 2.55. The van der Waals surface area contributed by atoms with Crippen LogP contribution in [0.15, 0.2) is 60.7 Å². The highest BCUT2D eigenvalue weighted by molar-refractivity contribution is 5.31. The summed E-state index contributed by atoms with van der Waals surface area (Å²) in [5.74, 6) is 0. The highest BCUT2D eigenvalue weighted by Gasteiger charge is 2.11. The van der Waals surface area contributed by atoms with Gasteiger partial charge in [0.25, 0.3) is 0 Å². The molecule has 2 aromatic rings. The van der Waals surface area contributed by atoms with Gasteiger partial charge in [-0.25, -0.2) is 0 Å². The number of rotatable bonds is 4. The first kappa shape index (κ1) is 10.9. The average Bonchev–Trinajstić information content (AvgIpc) is 2.38. The van der Waals surface area contributed by atoms with Gasteiger partial charge in [0, 0.05) is 0 Å². The lowest BCUT2D eigenvalue weighted by molar-refractivity contribution is 0.651. The Morgan fingerprint density at radius 3 is 1.62 bits per heavy atom. The SMILES string of the molecule is [CH2]CNC(c1ccccc1)c1ccccc1. The molecule has 1 radical (unpaired) electrons. The Morgan fingerprint density at radius 1 is 0.812 bits per heavy atom. The lowest BCUT2D eigenvalue weighted by atomic mass is 9.99. The summed E-state index contributed by atoms with van der Waals surface area (Å²) < 4.78 is 0. The van der Waals surface area contributed by atoms with Crippen LogP contribution in [-0.4, -0.2) is 6.54 Å². The third kappa shape index (κ3) is 2.50. The molecule has 0 fully saturated rings. The molecule has 0 spiro atoms. The second-order valence-corrected chi connectivity index (χ2v) is 3.71. The number of hydrogen-bond donors (Lipinski definition) is 1. The molecule has 0 atom stereocenters. The van der Waals surface area contributed by atoms with Crippen LogP contribution in [0.3, 0.4) is 0 Å². The second-order valence-electron chi connectivity index (χ2n) is 3.71. The van der Waals surface area contributed by atoms with E-state index in [1.807, 2.05) is 12.1 Å². The molecule has 0 aliphatic carbocycles. The topological polar surface area (TPSA) is 12.0 Å². The molecule has 0 saturated heterocycles. The maximum atomic E-state index is 3.87. The minimum atomic E-state index is 0.236. The quantitative estimate of drug-likeness (QED) is 0.817. The van der Waals surface area contributed by atoms with E-state index in [2.05, 4.69) is 60.8 Å². The molecular weight excluding hydrogens is 194 g/mol. The fourth-order valence-corrected chi connectivity index (χ4v) is 1.86. The Hall–Kier alpha value is -1.60. The van der Waals surface area contributed by atoms with Gasteiger partial charge in [0.15, 0.2) is 0 Å². The molecule has 1 heteroatoms. The summed E-state index contributed by atoms with van der Waals surface area (Å²) in [6, 6.07) is 21.1. The van der Waals surface area contributed by atoms with Crippen molar-refractivity contribution in [2.75, 3.05) is 6.54 Å². The molecular formula is C15H16N. The van der Waals surface area contributed by atoms with Crippen molar-refractivity contribution < 1.29 is 0 Å².